The third-order valence-electron chi connectivity index (χ3n) is 6.19. The van der Waals surface area contributed by atoms with Crippen LogP contribution >= 0.6 is 7.28 Å². The summed E-state index contributed by atoms with van der Waals surface area (Å²) < 4.78 is 6.53. The predicted octanol–water partition coefficient (Wildman–Crippen LogP) is 6.52. The van der Waals surface area contributed by atoms with Gasteiger partial charge in [-0.05, 0) is 0 Å². The van der Waals surface area contributed by atoms with Gasteiger partial charge in [-0.3, -0.25) is 0 Å². The molecule has 3 rings (SSSR count). The van der Waals surface area contributed by atoms with Crippen molar-refractivity contribution in [2.24, 2.45) is 0 Å². The zero-order chi connectivity index (χ0) is 24.8. The van der Waals surface area contributed by atoms with E-state index in [4.69, 9.17) is 4.52 Å². The van der Waals surface area contributed by atoms with Crippen molar-refractivity contribution in [1.82, 2.24) is 0 Å². The Morgan fingerprint density at radius 2 is 1.24 bits per heavy atom. The van der Waals surface area contributed by atoms with Crippen LogP contribution in [0.25, 0.3) is 0 Å². The maximum atomic E-state index is 12.4. The summed E-state index contributed by atoms with van der Waals surface area (Å²) in [4.78, 5) is 24.8. The molecule has 0 aromatic heterocycles. The second-order valence-corrected chi connectivity index (χ2v) is 14.4. The van der Waals surface area contributed by atoms with Crippen LogP contribution in [0.3, 0.4) is 0 Å². The van der Waals surface area contributed by atoms with Crippen LogP contribution in [0.4, 0.5) is 0 Å². The van der Waals surface area contributed by atoms with Gasteiger partial charge in [-0.1, -0.05) is 0 Å². The van der Waals surface area contributed by atoms with Crippen molar-refractivity contribution >= 4 is 17.9 Å². The van der Waals surface area contributed by atoms with Crippen molar-refractivity contribution in [2.45, 2.75) is 73.1 Å². The fraction of sp³-hybridized carbons (Fsp3) is 0.379. The van der Waals surface area contributed by atoms with E-state index >= 15 is 0 Å². The van der Waals surface area contributed by atoms with Gasteiger partial charge in [0.05, 0.1) is 0 Å². The van der Waals surface area contributed by atoms with Gasteiger partial charge in [0.1, 0.15) is 0 Å². The minimum absolute atomic E-state index is 0.0357. The SMILES string of the molecule is Cc1cc(C)c(P(O)(O)(Oc2ccc(C(C)(C)C)cc2C(C)(C)C)c2ccccc2)c(C)c1. The Bertz CT molecular complexity index is 1140. The summed E-state index contributed by atoms with van der Waals surface area (Å²) in [6, 6.07) is 19.0. The van der Waals surface area contributed by atoms with E-state index in [1.165, 1.54) is 5.56 Å². The van der Waals surface area contributed by atoms with Gasteiger partial charge >= 0.3 is 200 Å². The van der Waals surface area contributed by atoms with E-state index in [9.17, 15) is 9.79 Å². The van der Waals surface area contributed by atoms with Crippen LogP contribution in [-0.2, 0) is 10.8 Å². The predicted molar refractivity (Wildman–Crippen MR) is 142 cm³/mol. The van der Waals surface area contributed by atoms with Crippen LogP contribution in [0.1, 0.15) is 69.4 Å². The number of rotatable bonds is 4. The molecule has 0 radical (unpaired) electrons. The Balaban J connectivity index is 2.35. The Labute approximate surface area is 199 Å². The summed E-state index contributed by atoms with van der Waals surface area (Å²) in [6.45, 7) is 18.7. The van der Waals surface area contributed by atoms with Crippen molar-refractivity contribution in [3.8, 4) is 5.75 Å². The van der Waals surface area contributed by atoms with Gasteiger partial charge in [0.25, 0.3) is 0 Å². The van der Waals surface area contributed by atoms with Gasteiger partial charge in [0.2, 0.25) is 0 Å². The molecule has 0 aliphatic heterocycles. The summed E-state index contributed by atoms with van der Waals surface area (Å²) in [5.74, 6) is 0.501. The van der Waals surface area contributed by atoms with E-state index in [0.717, 1.165) is 22.3 Å². The fourth-order valence-corrected chi connectivity index (χ4v) is 7.68. The van der Waals surface area contributed by atoms with E-state index in [1.807, 2.05) is 63.2 Å². The average molecular weight is 467 g/mol. The second-order valence-electron chi connectivity index (χ2n) is 11.3. The van der Waals surface area contributed by atoms with Crippen molar-refractivity contribution in [1.29, 1.82) is 0 Å². The molecule has 0 fully saturated rings. The first-order valence-corrected chi connectivity index (χ1v) is 13.6. The topological polar surface area (TPSA) is 49.7 Å². The second kappa shape index (κ2) is 8.24. The van der Waals surface area contributed by atoms with Gasteiger partial charge in [0.15, 0.2) is 0 Å². The molecule has 0 unspecified atom stereocenters. The molecule has 3 nitrogen and oxygen atoms in total. The van der Waals surface area contributed by atoms with E-state index in [0.29, 0.717) is 16.4 Å². The van der Waals surface area contributed by atoms with Crippen LogP contribution < -0.4 is 15.1 Å². The molecule has 0 saturated carbocycles. The van der Waals surface area contributed by atoms with Crippen LogP contribution in [0.15, 0.2) is 60.7 Å². The molecule has 3 aromatic rings. The Morgan fingerprint density at radius 3 is 1.73 bits per heavy atom. The normalized spacial score (nSPS) is 14.0. The van der Waals surface area contributed by atoms with Gasteiger partial charge < -0.3 is 0 Å². The van der Waals surface area contributed by atoms with Crippen LogP contribution in [0, 0.1) is 20.8 Å². The molecule has 3 aromatic carbocycles. The van der Waals surface area contributed by atoms with Crippen molar-refractivity contribution < 1.29 is 14.3 Å². The van der Waals surface area contributed by atoms with Gasteiger partial charge in [-0.25, -0.2) is 0 Å². The molecule has 0 amide bonds. The first-order valence-electron chi connectivity index (χ1n) is 11.5. The summed E-state index contributed by atoms with van der Waals surface area (Å²) >= 11 is 0. The molecule has 0 aliphatic rings. The summed E-state index contributed by atoms with van der Waals surface area (Å²) in [7, 11) is -5.04. The zero-order valence-corrected chi connectivity index (χ0v) is 22.4. The van der Waals surface area contributed by atoms with Crippen LogP contribution in [0.5, 0.6) is 5.75 Å². The molecule has 178 valence electrons. The number of aryl methyl sites for hydroxylation is 3. The monoisotopic (exact) mass is 466 g/mol. The Hall–Kier alpha value is -2.19. The van der Waals surface area contributed by atoms with Gasteiger partial charge in [0, 0.05) is 0 Å². The Kier molecular flexibility index (Phi) is 6.35. The van der Waals surface area contributed by atoms with Crippen molar-refractivity contribution in [3.05, 3.63) is 88.5 Å². The molecule has 2 N–H and O–H groups in total. The van der Waals surface area contributed by atoms with E-state index in [2.05, 4.69) is 47.6 Å². The summed E-state index contributed by atoms with van der Waals surface area (Å²) in [5.41, 5.74) is 4.53. The molecule has 0 aliphatic carbocycles. The molecule has 4 heteroatoms. The minimum atomic E-state index is -5.04. The Morgan fingerprint density at radius 1 is 0.697 bits per heavy atom. The van der Waals surface area contributed by atoms with Crippen LogP contribution in [0.2, 0.25) is 0 Å². The summed E-state index contributed by atoms with van der Waals surface area (Å²) in [5, 5.41) is 0.857. The van der Waals surface area contributed by atoms with E-state index in [-0.39, 0.29) is 10.8 Å². The molecule has 0 saturated heterocycles. The standard InChI is InChI=1S/C29H39O3P/c1-20-17-21(2)27(22(3)18-20)33(30,31,24-13-11-10-12-14-24)32-26-16-15-23(28(4,5)6)19-25(26)29(7,8)9/h10-19,30-31H,1-9H3. The molecule has 0 spiro atoms. The molecular formula is C29H39O3P. The third-order valence-corrected chi connectivity index (χ3v) is 9.47. The molecule has 0 atom stereocenters. The molecule has 0 bridgehead atoms. The van der Waals surface area contributed by atoms with Crippen molar-refractivity contribution in [3.63, 3.8) is 0 Å². The maximum absolute atomic E-state index is 12.4. The molecule has 33 heavy (non-hydrogen) atoms. The number of benzene rings is 3. The van der Waals surface area contributed by atoms with Gasteiger partial charge in [-0.2, -0.15) is 0 Å². The van der Waals surface area contributed by atoms with E-state index in [1.54, 1.807) is 12.1 Å². The van der Waals surface area contributed by atoms with Crippen molar-refractivity contribution in [2.75, 3.05) is 0 Å². The molecular weight excluding hydrogens is 427 g/mol. The third kappa shape index (κ3) is 4.87. The number of hydrogen-bond donors (Lipinski definition) is 2. The first kappa shape index (κ1) is 25.4. The summed E-state index contributed by atoms with van der Waals surface area (Å²) in [6.07, 6.45) is 0. The zero-order valence-electron chi connectivity index (χ0n) is 21.5. The van der Waals surface area contributed by atoms with Crippen LogP contribution in [-0.4, -0.2) is 9.79 Å². The van der Waals surface area contributed by atoms with Gasteiger partial charge in [-0.15, -0.1) is 0 Å². The van der Waals surface area contributed by atoms with E-state index < -0.39 is 7.28 Å². The average Bonchev–Trinajstić information content (AvgIpc) is 2.66. The fourth-order valence-electron chi connectivity index (χ4n) is 4.58. The quantitative estimate of drug-likeness (QED) is 0.431. The first-order chi connectivity index (χ1) is 15.0. The number of hydrogen-bond acceptors (Lipinski definition) is 3. The molecule has 0 heterocycles.